The third-order valence-corrected chi connectivity index (χ3v) is 4.47. The summed E-state index contributed by atoms with van der Waals surface area (Å²) in [7, 11) is 0. The lowest BCUT2D eigenvalue weighted by Crippen LogP contribution is -2.47. The number of piperazine rings is 1. The zero-order valence-electron chi connectivity index (χ0n) is 15.0. The Morgan fingerprint density at radius 2 is 1.77 bits per heavy atom. The Hall–Kier alpha value is -2.70. The van der Waals surface area contributed by atoms with Crippen LogP contribution in [0.15, 0.2) is 36.7 Å². The lowest BCUT2D eigenvalue weighted by molar-refractivity contribution is 0.0952. The van der Waals surface area contributed by atoms with E-state index in [4.69, 9.17) is 0 Å². The molecule has 0 unspecified atom stereocenters. The molecule has 1 aliphatic rings. The van der Waals surface area contributed by atoms with Gasteiger partial charge in [-0.1, -0.05) is 25.5 Å². The van der Waals surface area contributed by atoms with Gasteiger partial charge >= 0.3 is 0 Å². The molecule has 7 heteroatoms. The van der Waals surface area contributed by atoms with Gasteiger partial charge in [0, 0.05) is 45.1 Å². The Morgan fingerprint density at radius 1 is 1.12 bits per heavy atom. The van der Waals surface area contributed by atoms with E-state index < -0.39 is 0 Å². The van der Waals surface area contributed by atoms with Crippen molar-refractivity contribution in [2.75, 3.05) is 42.5 Å². The molecule has 1 saturated heterocycles. The van der Waals surface area contributed by atoms with E-state index in [-0.39, 0.29) is 11.7 Å². The monoisotopic (exact) mass is 357 g/mol. The number of amides is 1. The highest BCUT2D eigenvalue weighted by molar-refractivity contribution is 5.93. The van der Waals surface area contributed by atoms with Gasteiger partial charge in [-0.15, -0.1) is 0 Å². The van der Waals surface area contributed by atoms with Crippen LogP contribution in [0.1, 0.15) is 30.1 Å². The Kier molecular flexibility index (Phi) is 5.99. The van der Waals surface area contributed by atoms with Crippen LogP contribution in [-0.4, -0.2) is 48.6 Å². The van der Waals surface area contributed by atoms with Crippen molar-refractivity contribution in [2.24, 2.45) is 0 Å². The maximum absolute atomic E-state index is 13.9. The quantitative estimate of drug-likeness (QED) is 0.805. The number of hydrogen-bond donors (Lipinski definition) is 1. The van der Waals surface area contributed by atoms with Crippen molar-refractivity contribution in [3.8, 4) is 0 Å². The van der Waals surface area contributed by atoms with Crippen molar-refractivity contribution in [1.29, 1.82) is 0 Å². The summed E-state index contributed by atoms with van der Waals surface area (Å²) in [5, 5.41) is 2.85. The first-order valence-corrected chi connectivity index (χ1v) is 9.03. The number of unbranched alkanes of at least 4 members (excludes halogenated alkanes) is 1. The number of aromatic nitrogens is 2. The molecule has 1 aromatic heterocycles. The molecular formula is C19H24FN5O. The van der Waals surface area contributed by atoms with Crippen LogP contribution in [0.2, 0.25) is 0 Å². The van der Waals surface area contributed by atoms with E-state index in [1.807, 2.05) is 11.0 Å². The van der Waals surface area contributed by atoms with Gasteiger partial charge in [0.2, 0.25) is 5.95 Å². The fraction of sp³-hybridized carbons (Fsp3) is 0.421. The van der Waals surface area contributed by atoms with E-state index in [9.17, 15) is 9.18 Å². The van der Waals surface area contributed by atoms with Gasteiger partial charge in [-0.25, -0.2) is 14.4 Å². The summed E-state index contributed by atoms with van der Waals surface area (Å²) in [5.74, 6) is 0.258. The highest BCUT2D eigenvalue weighted by atomic mass is 19.1. The third kappa shape index (κ3) is 4.28. The smallest absolute Gasteiger partial charge is 0.254 e. The van der Waals surface area contributed by atoms with Crippen molar-refractivity contribution in [3.05, 3.63) is 48.0 Å². The molecule has 2 heterocycles. The Morgan fingerprint density at radius 3 is 2.42 bits per heavy atom. The topological polar surface area (TPSA) is 61.4 Å². The summed E-state index contributed by atoms with van der Waals surface area (Å²) in [4.78, 5) is 24.7. The molecule has 0 spiro atoms. The molecule has 1 aliphatic heterocycles. The first kappa shape index (κ1) is 18.1. The number of nitrogens with one attached hydrogen (secondary N) is 1. The molecule has 0 atom stereocenters. The second-order valence-electron chi connectivity index (χ2n) is 6.31. The molecular weight excluding hydrogens is 333 g/mol. The zero-order valence-corrected chi connectivity index (χ0v) is 15.0. The maximum Gasteiger partial charge on any atom is 0.254 e. The molecule has 26 heavy (non-hydrogen) atoms. The average molecular weight is 357 g/mol. The van der Waals surface area contributed by atoms with Crippen LogP contribution in [0, 0.1) is 5.82 Å². The summed E-state index contributed by atoms with van der Waals surface area (Å²) in [5.41, 5.74) is 1.10. The predicted molar refractivity (Wildman–Crippen MR) is 100 cm³/mol. The van der Waals surface area contributed by atoms with E-state index in [1.165, 1.54) is 6.07 Å². The zero-order chi connectivity index (χ0) is 18.4. The fourth-order valence-corrected chi connectivity index (χ4v) is 2.94. The van der Waals surface area contributed by atoms with Crippen molar-refractivity contribution >= 4 is 17.5 Å². The molecule has 0 bridgehead atoms. The second-order valence-corrected chi connectivity index (χ2v) is 6.31. The standard InChI is InChI=1S/C19H24FN5O/c1-2-3-8-21-18(26)15-13-22-19(23-14-15)25-11-9-24(10-12-25)17-7-5-4-6-16(17)20/h4-7,13-14H,2-3,8-12H2,1H3,(H,21,26). The lowest BCUT2D eigenvalue weighted by Gasteiger charge is -2.36. The summed E-state index contributed by atoms with van der Waals surface area (Å²) >= 11 is 0. The van der Waals surface area contributed by atoms with E-state index >= 15 is 0 Å². The number of rotatable bonds is 6. The minimum absolute atomic E-state index is 0.144. The molecule has 1 fully saturated rings. The summed E-state index contributed by atoms with van der Waals surface area (Å²) in [6.45, 7) is 5.55. The number of anilines is 2. The minimum atomic E-state index is -0.198. The molecule has 0 aliphatic carbocycles. The van der Waals surface area contributed by atoms with Gasteiger partial charge in [0.1, 0.15) is 5.82 Å². The summed E-state index contributed by atoms with van der Waals surface area (Å²) in [6, 6.07) is 6.82. The average Bonchev–Trinajstić information content (AvgIpc) is 2.69. The van der Waals surface area contributed by atoms with Crippen LogP contribution in [0.4, 0.5) is 16.0 Å². The molecule has 0 radical (unpaired) electrons. The Bertz CT molecular complexity index is 729. The Balaban J connectivity index is 1.56. The molecule has 1 amide bonds. The molecule has 1 aromatic carbocycles. The number of benzene rings is 1. The van der Waals surface area contributed by atoms with Gasteiger partial charge in [0.05, 0.1) is 11.3 Å². The lowest BCUT2D eigenvalue weighted by atomic mass is 10.2. The van der Waals surface area contributed by atoms with Crippen molar-refractivity contribution in [2.45, 2.75) is 19.8 Å². The van der Waals surface area contributed by atoms with Gasteiger partial charge < -0.3 is 15.1 Å². The number of para-hydroxylation sites is 1. The first-order valence-electron chi connectivity index (χ1n) is 9.03. The Labute approximate surface area is 153 Å². The van der Waals surface area contributed by atoms with Gasteiger partial charge in [0.15, 0.2) is 0 Å². The molecule has 6 nitrogen and oxygen atoms in total. The van der Waals surface area contributed by atoms with Crippen LogP contribution in [0.5, 0.6) is 0 Å². The number of nitrogens with zero attached hydrogens (tertiary/aromatic N) is 4. The minimum Gasteiger partial charge on any atom is -0.366 e. The van der Waals surface area contributed by atoms with Crippen LogP contribution in [0.3, 0.4) is 0 Å². The van der Waals surface area contributed by atoms with E-state index in [2.05, 4.69) is 27.1 Å². The maximum atomic E-state index is 13.9. The number of carbonyl (C=O) groups excluding carboxylic acids is 1. The largest absolute Gasteiger partial charge is 0.366 e. The van der Waals surface area contributed by atoms with Crippen LogP contribution < -0.4 is 15.1 Å². The SMILES string of the molecule is CCCCNC(=O)c1cnc(N2CCN(c3ccccc3F)CC2)nc1. The van der Waals surface area contributed by atoms with Crippen molar-refractivity contribution in [3.63, 3.8) is 0 Å². The van der Waals surface area contributed by atoms with E-state index in [0.29, 0.717) is 49.9 Å². The number of hydrogen-bond acceptors (Lipinski definition) is 5. The number of halogens is 1. The normalized spacial score (nSPS) is 14.4. The second kappa shape index (κ2) is 8.60. The van der Waals surface area contributed by atoms with Crippen LogP contribution >= 0.6 is 0 Å². The van der Waals surface area contributed by atoms with Gasteiger partial charge in [-0.2, -0.15) is 0 Å². The van der Waals surface area contributed by atoms with Gasteiger partial charge in [-0.05, 0) is 18.6 Å². The first-order chi connectivity index (χ1) is 12.7. The van der Waals surface area contributed by atoms with E-state index in [1.54, 1.807) is 24.5 Å². The summed E-state index contributed by atoms with van der Waals surface area (Å²) < 4.78 is 13.9. The predicted octanol–water partition coefficient (Wildman–Crippen LogP) is 2.47. The van der Waals surface area contributed by atoms with Crippen LogP contribution in [0.25, 0.3) is 0 Å². The third-order valence-electron chi connectivity index (χ3n) is 4.47. The van der Waals surface area contributed by atoms with Gasteiger partial charge in [-0.3, -0.25) is 4.79 Å². The van der Waals surface area contributed by atoms with Crippen molar-refractivity contribution in [1.82, 2.24) is 15.3 Å². The van der Waals surface area contributed by atoms with Gasteiger partial charge in [0.25, 0.3) is 5.91 Å². The molecule has 2 aromatic rings. The van der Waals surface area contributed by atoms with Crippen LogP contribution in [-0.2, 0) is 0 Å². The van der Waals surface area contributed by atoms with E-state index in [0.717, 1.165) is 12.8 Å². The highest BCUT2D eigenvalue weighted by Crippen LogP contribution is 2.21. The molecule has 0 saturated carbocycles. The molecule has 1 N–H and O–H groups in total. The van der Waals surface area contributed by atoms with Crippen molar-refractivity contribution < 1.29 is 9.18 Å². The molecule has 3 rings (SSSR count). The fourth-order valence-electron chi connectivity index (χ4n) is 2.94. The number of carbonyl (C=O) groups is 1. The highest BCUT2D eigenvalue weighted by Gasteiger charge is 2.21. The summed E-state index contributed by atoms with van der Waals surface area (Å²) in [6.07, 6.45) is 5.12. The molecule has 138 valence electrons.